The molecule has 34 heavy (non-hydrogen) atoms. The van der Waals surface area contributed by atoms with Gasteiger partial charge in [-0.05, 0) is 54.6 Å². The predicted octanol–water partition coefficient (Wildman–Crippen LogP) is 3.81. The molecule has 0 unspecified atom stereocenters. The third-order valence-corrected chi connectivity index (χ3v) is 5.54. The fraction of sp³-hybridized carbons (Fsp3) is 0.125. The molecule has 0 fully saturated rings. The van der Waals surface area contributed by atoms with E-state index in [-0.39, 0.29) is 31.2 Å². The highest BCUT2D eigenvalue weighted by Crippen LogP contribution is 2.36. The first-order valence-electron chi connectivity index (χ1n) is 10.2. The van der Waals surface area contributed by atoms with E-state index < -0.39 is 23.4 Å². The van der Waals surface area contributed by atoms with Crippen molar-refractivity contribution in [3.05, 3.63) is 88.5 Å². The maximum atomic E-state index is 14.2. The van der Waals surface area contributed by atoms with Crippen LogP contribution in [0.1, 0.15) is 27.0 Å². The van der Waals surface area contributed by atoms with Gasteiger partial charge in [0.05, 0.1) is 18.8 Å². The molecule has 2 aliphatic rings. The summed E-state index contributed by atoms with van der Waals surface area (Å²) in [4.78, 5) is 26.8. The van der Waals surface area contributed by atoms with Crippen LogP contribution in [0.25, 0.3) is 0 Å². The Morgan fingerprint density at radius 1 is 1.09 bits per heavy atom. The summed E-state index contributed by atoms with van der Waals surface area (Å²) >= 11 is 0. The van der Waals surface area contributed by atoms with E-state index in [1.54, 1.807) is 12.1 Å². The maximum absolute atomic E-state index is 14.2. The van der Waals surface area contributed by atoms with E-state index >= 15 is 0 Å². The normalized spacial score (nSPS) is 15.6. The molecular formula is C24H17F2N3O5. The largest absolute Gasteiger partial charge is 0.467 e. The number of fused-ring (bicyclic) bond motifs is 2. The van der Waals surface area contributed by atoms with Gasteiger partial charge in [0.25, 0.3) is 11.8 Å². The van der Waals surface area contributed by atoms with Crippen molar-refractivity contribution in [1.29, 1.82) is 0 Å². The van der Waals surface area contributed by atoms with Gasteiger partial charge >= 0.3 is 0 Å². The highest BCUT2D eigenvalue weighted by molar-refractivity contribution is 6.54. The SMILES string of the molecule is O=C(Nc1ccc2c(c1)N(Cc1cc(F)cc3c1OCOC3)C(=O)/C2=N\O)c1ccc(F)cc1. The van der Waals surface area contributed by atoms with Gasteiger partial charge in [-0.2, -0.15) is 0 Å². The summed E-state index contributed by atoms with van der Waals surface area (Å²) in [6.07, 6.45) is 0. The van der Waals surface area contributed by atoms with E-state index in [0.717, 1.165) is 0 Å². The van der Waals surface area contributed by atoms with Crippen molar-refractivity contribution in [2.45, 2.75) is 13.2 Å². The predicted molar refractivity (Wildman–Crippen MR) is 117 cm³/mol. The highest BCUT2D eigenvalue weighted by atomic mass is 19.1. The molecule has 0 saturated heterocycles. The topological polar surface area (TPSA) is 100 Å². The van der Waals surface area contributed by atoms with Crippen LogP contribution in [0, 0.1) is 11.6 Å². The number of ether oxygens (including phenoxy) is 2. The lowest BCUT2D eigenvalue weighted by Gasteiger charge is -2.24. The van der Waals surface area contributed by atoms with Crippen LogP contribution in [0.15, 0.2) is 59.8 Å². The van der Waals surface area contributed by atoms with E-state index in [2.05, 4.69) is 10.5 Å². The number of amides is 2. The minimum absolute atomic E-state index is 0.000913. The van der Waals surface area contributed by atoms with Gasteiger partial charge in [-0.25, -0.2) is 8.78 Å². The minimum atomic E-state index is -0.593. The number of hydrogen-bond acceptors (Lipinski definition) is 6. The second kappa shape index (κ2) is 8.56. The lowest BCUT2D eigenvalue weighted by molar-refractivity contribution is -0.112. The number of oxime groups is 1. The Labute approximate surface area is 192 Å². The van der Waals surface area contributed by atoms with Crippen molar-refractivity contribution < 1.29 is 33.1 Å². The molecule has 3 aromatic rings. The highest BCUT2D eigenvalue weighted by Gasteiger charge is 2.36. The number of carbonyl (C=O) groups is 2. The number of nitrogens with zero attached hydrogens (tertiary/aromatic N) is 2. The molecule has 2 amide bonds. The van der Waals surface area contributed by atoms with Crippen LogP contribution >= 0.6 is 0 Å². The number of halogens is 2. The Kier molecular flexibility index (Phi) is 5.42. The molecule has 0 radical (unpaired) electrons. The summed E-state index contributed by atoms with van der Waals surface area (Å²) < 4.78 is 38.1. The Hall–Kier alpha value is -4.31. The van der Waals surface area contributed by atoms with Crippen LogP contribution in [0.2, 0.25) is 0 Å². The average Bonchev–Trinajstić information content (AvgIpc) is 3.09. The lowest BCUT2D eigenvalue weighted by Crippen LogP contribution is -2.30. The van der Waals surface area contributed by atoms with E-state index in [1.807, 2.05) is 0 Å². The first-order valence-corrected chi connectivity index (χ1v) is 10.2. The Balaban J connectivity index is 1.48. The Bertz CT molecular complexity index is 1340. The molecule has 0 saturated carbocycles. The Morgan fingerprint density at radius 2 is 1.88 bits per heavy atom. The molecule has 0 aromatic heterocycles. The van der Waals surface area contributed by atoms with Gasteiger partial charge in [0.1, 0.15) is 17.4 Å². The van der Waals surface area contributed by atoms with Crippen molar-refractivity contribution in [3.63, 3.8) is 0 Å². The summed E-state index contributed by atoms with van der Waals surface area (Å²) in [5.74, 6) is -1.61. The standard InChI is InChI=1S/C24H17F2N3O5/c25-16-3-1-13(2-4-16)23(30)27-18-5-6-19-20(9-18)29(24(31)21(19)28-32)10-14-7-17(26)8-15-11-33-12-34-22(14)15/h1-9,32H,10-12H2,(H,27,30)/b28-21-. The van der Waals surface area contributed by atoms with Gasteiger partial charge in [-0.3, -0.25) is 9.59 Å². The molecule has 0 bridgehead atoms. The summed E-state index contributed by atoms with van der Waals surface area (Å²) in [6, 6.07) is 12.3. The van der Waals surface area contributed by atoms with Gasteiger partial charge < -0.3 is 24.9 Å². The van der Waals surface area contributed by atoms with E-state index in [9.17, 15) is 23.6 Å². The van der Waals surface area contributed by atoms with E-state index in [0.29, 0.717) is 33.8 Å². The summed E-state index contributed by atoms with van der Waals surface area (Å²) in [6.45, 7) is 0.104. The number of carbonyl (C=O) groups excluding carboxylic acids is 2. The molecule has 2 N–H and O–H groups in total. The van der Waals surface area contributed by atoms with Crippen LogP contribution < -0.4 is 15.0 Å². The molecule has 0 aliphatic carbocycles. The molecule has 172 valence electrons. The summed E-state index contributed by atoms with van der Waals surface area (Å²) in [5.41, 5.74) is 2.07. The number of nitrogens with one attached hydrogen (secondary N) is 1. The molecule has 10 heteroatoms. The zero-order valence-corrected chi connectivity index (χ0v) is 17.5. The Morgan fingerprint density at radius 3 is 2.65 bits per heavy atom. The van der Waals surface area contributed by atoms with Crippen molar-refractivity contribution in [3.8, 4) is 5.75 Å². The smallest absolute Gasteiger partial charge is 0.281 e. The molecule has 5 rings (SSSR count). The van der Waals surface area contributed by atoms with Crippen molar-refractivity contribution >= 4 is 28.9 Å². The van der Waals surface area contributed by atoms with E-state index in [1.165, 1.54) is 47.4 Å². The number of anilines is 2. The second-order valence-corrected chi connectivity index (χ2v) is 7.70. The number of hydrogen-bond donors (Lipinski definition) is 2. The van der Waals surface area contributed by atoms with Crippen LogP contribution in [0.3, 0.4) is 0 Å². The third kappa shape index (κ3) is 3.84. The molecule has 0 spiro atoms. The molecule has 3 aromatic carbocycles. The molecule has 0 atom stereocenters. The first kappa shape index (κ1) is 21.5. The second-order valence-electron chi connectivity index (χ2n) is 7.70. The third-order valence-electron chi connectivity index (χ3n) is 5.54. The fourth-order valence-corrected chi connectivity index (χ4v) is 3.99. The van der Waals surface area contributed by atoms with Gasteiger partial charge in [-0.1, -0.05) is 5.16 Å². The van der Waals surface area contributed by atoms with Crippen LogP contribution in [0.4, 0.5) is 20.2 Å². The zero-order valence-electron chi connectivity index (χ0n) is 17.5. The molecule has 8 nitrogen and oxygen atoms in total. The van der Waals surface area contributed by atoms with Gasteiger partial charge in [0.15, 0.2) is 12.5 Å². The van der Waals surface area contributed by atoms with Crippen LogP contribution in [0.5, 0.6) is 5.75 Å². The number of rotatable bonds is 4. The monoisotopic (exact) mass is 465 g/mol. The first-order chi connectivity index (χ1) is 16.4. The summed E-state index contributed by atoms with van der Waals surface area (Å²) in [7, 11) is 0. The van der Waals surface area contributed by atoms with Gasteiger partial charge in [-0.15, -0.1) is 0 Å². The minimum Gasteiger partial charge on any atom is -0.467 e. The zero-order chi connectivity index (χ0) is 23.8. The van der Waals surface area contributed by atoms with Gasteiger partial charge in [0.2, 0.25) is 0 Å². The maximum Gasteiger partial charge on any atom is 0.281 e. The quantitative estimate of drug-likeness (QED) is 0.451. The van der Waals surface area contributed by atoms with E-state index in [4.69, 9.17) is 9.47 Å². The van der Waals surface area contributed by atoms with Crippen molar-refractivity contribution in [2.75, 3.05) is 17.0 Å². The van der Waals surface area contributed by atoms with Crippen molar-refractivity contribution in [1.82, 2.24) is 0 Å². The van der Waals surface area contributed by atoms with Gasteiger partial charge in [0, 0.05) is 27.9 Å². The molecule has 2 aliphatic heterocycles. The van der Waals surface area contributed by atoms with Crippen molar-refractivity contribution in [2.24, 2.45) is 5.16 Å². The average molecular weight is 465 g/mol. The fourth-order valence-electron chi connectivity index (χ4n) is 3.99. The molecule has 2 heterocycles. The van der Waals surface area contributed by atoms with Crippen LogP contribution in [-0.2, 0) is 22.7 Å². The number of benzene rings is 3. The summed E-state index contributed by atoms with van der Waals surface area (Å²) in [5, 5.41) is 15.3. The molecular weight excluding hydrogens is 448 g/mol. The lowest BCUT2D eigenvalue weighted by atomic mass is 10.1. The van der Waals surface area contributed by atoms with Crippen LogP contribution in [-0.4, -0.2) is 29.5 Å².